The number of thiazole rings is 1. The van der Waals surface area contributed by atoms with Crippen molar-refractivity contribution in [2.24, 2.45) is 7.05 Å². The van der Waals surface area contributed by atoms with Gasteiger partial charge in [0.1, 0.15) is 17.5 Å². The first-order valence-corrected chi connectivity index (χ1v) is 7.80. The molecule has 0 aliphatic carbocycles. The molecule has 1 aromatic carbocycles. The average molecular weight is 300 g/mol. The predicted molar refractivity (Wildman–Crippen MR) is 85.3 cm³/mol. The SMILES string of the molecule is COc1cc(C)[n+](-c2ccc3c(c2)sc(C)[n+]3C)c(C)c1. The molecule has 0 aliphatic heterocycles. The molecule has 0 atom stereocenters. The quantitative estimate of drug-likeness (QED) is 0.665. The molecule has 0 bridgehead atoms. The molecule has 0 saturated heterocycles. The number of hydrogen-bond acceptors (Lipinski definition) is 2. The van der Waals surface area contributed by atoms with E-state index in [9.17, 15) is 0 Å². The smallest absolute Gasteiger partial charge is 0.234 e. The monoisotopic (exact) mass is 300 g/mol. The first-order valence-electron chi connectivity index (χ1n) is 6.98. The van der Waals surface area contributed by atoms with Crippen molar-refractivity contribution in [1.29, 1.82) is 0 Å². The van der Waals surface area contributed by atoms with Crippen molar-refractivity contribution in [2.75, 3.05) is 7.11 Å². The molecule has 0 unspecified atom stereocenters. The topological polar surface area (TPSA) is 17.0 Å². The molecule has 0 amide bonds. The molecule has 0 fully saturated rings. The molecule has 0 aliphatic rings. The largest absolute Gasteiger partial charge is 0.496 e. The van der Waals surface area contributed by atoms with Crippen LogP contribution in [-0.4, -0.2) is 7.11 Å². The molecule has 2 heterocycles. The van der Waals surface area contributed by atoms with Crippen molar-refractivity contribution in [1.82, 2.24) is 0 Å². The van der Waals surface area contributed by atoms with Crippen LogP contribution in [-0.2, 0) is 7.05 Å². The van der Waals surface area contributed by atoms with Crippen LogP contribution in [0.5, 0.6) is 5.75 Å². The minimum absolute atomic E-state index is 0.903. The predicted octanol–water partition coefficient (Wildman–Crippen LogP) is 2.94. The van der Waals surface area contributed by atoms with Gasteiger partial charge in [0.15, 0.2) is 11.4 Å². The van der Waals surface area contributed by atoms with E-state index >= 15 is 0 Å². The average Bonchev–Trinajstić information content (AvgIpc) is 2.73. The lowest BCUT2D eigenvalue weighted by atomic mass is 10.2. The van der Waals surface area contributed by atoms with Gasteiger partial charge in [0, 0.05) is 51.1 Å². The zero-order valence-corrected chi connectivity index (χ0v) is 13.9. The van der Waals surface area contributed by atoms with Crippen molar-refractivity contribution in [3.63, 3.8) is 0 Å². The van der Waals surface area contributed by atoms with Gasteiger partial charge in [-0.25, -0.2) is 0 Å². The van der Waals surface area contributed by atoms with Crippen LogP contribution in [0.4, 0.5) is 0 Å². The Morgan fingerprint density at radius 2 is 1.67 bits per heavy atom. The highest BCUT2D eigenvalue weighted by Gasteiger charge is 2.20. The molecule has 21 heavy (non-hydrogen) atoms. The number of methoxy groups -OCH3 is 1. The summed E-state index contributed by atoms with van der Waals surface area (Å²) in [5.74, 6) is 0.903. The van der Waals surface area contributed by atoms with E-state index in [-0.39, 0.29) is 0 Å². The Hall–Kier alpha value is -1.94. The fourth-order valence-corrected chi connectivity index (χ4v) is 3.83. The maximum absolute atomic E-state index is 5.34. The van der Waals surface area contributed by atoms with Gasteiger partial charge in [-0.2, -0.15) is 9.13 Å². The number of fused-ring (bicyclic) bond motifs is 1. The van der Waals surface area contributed by atoms with Gasteiger partial charge >= 0.3 is 0 Å². The number of ether oxygens (including phenoxy) is 1. The third kappa shape index (κ3) is 2.29. The van der Waals surface area contributed by atoms with E-state index < -0.39 is 0 Å². The van der Waals surface area contributed by atoms with E-state index in [4.69, 9.17) is 4.74 Å². The molecule has 2 aromatic heterocycles. The molecule has 3 rings (SSSR count). The number of aromatic nitrogens is 2. The second kappa shape index (κ2) is 5.11. The van der Waals surface area contributed by atoms with Gasteiger partial charge in [0.2, 0.25) is 16.2 Å². The summed E-state index contributed by atoms with van der Waals surface area (Å²) in [5.41, 5.74) is 4.82. The Kier molecular flexibility index (Phi) is 3.41. The Balaban J connectivity index is 2.21. The molecular weight excluding hydrogens is 280 g/mol. The lowest BCUT2D eigenvalue weighted by molar-refractivity contribution is -0.646. The lowest BCUT2D eigenvalue weighted by Gasteiger charge is -2.05. The highest BCUT2D eigenvalue weighted by Crippen LogP contribution is 2.22. The minimum atomic E-state index is 0.903. The van der Waals surface area contributed by atoms with Crippen LogP contribution in [0.3, 0.4) is 0 Å². The van der Waals surface area contributed by atoms with Gasteiger partial charge in [-0.05, 0) is 0 Å². The van der Waals surface area contributed by atoms with Crippen LogP contribution >= 0.6 is 11.3 Å². The van der Waals surface area contributed by atoms with Gasteiger partial charge in [-0.1, -0.05) is 11.3 Å². The summed E-state index contributed by atoms with van der Waals surface area (Å²) < 4.78 is 11.2. The molecule has 0 saturated carbocycles. The molecule has 0 spiro atoms. The zero-order valence-electron chi connectivity index (χ0n) is 13.1. The molecule has 3 nitrogen and oxygen atoms in total. The van der Waals surface area contributed by atoms with Gasteiger partial charge in [0.05, 0.1) is 7.11 Å². The maximum Gasteiger partial charge on any atom is 0.234 e. The Bertz CT molecular complexity index is 813. The van der Waals surface area contributed by atoms with Crippen LogP contribution in [0.25, 0.3) is 15.9 Å². The molecule has 4 heteroatoms. The molecule has 0 N–H and O–H groups in total. The van der Waals surface area contributed by atoms with E-state index in [0.717, 1.165) is 5.75 Å². The number of hydrogen-bond donors (Lipinski definition) is 0. The van der Waals surface area contributed by atoms with Crippen molar-refractivity contribution >= 4 is 21.6 Å². The number of rotatable bonds is 2. The van der Waals surface area contributed by atoms with Gasteiger partial charge in [-0.15, -0.1) is 0 Å². The van der Waals surface area contributed by atoms with Crippen molar-refractivity contribution < 1.29 is 13.9 Å². The molecular formula is C17H20N2OS+2. The standard InChI is InChI=1S/C17H20N2OS/c1-11-8-15(20-5)9-12(2)19(11)14-6-7-16-17(10-14)21-13(3)18(16)4/h6-10H,1-5H3/q+2. The highest BCUT2D eigenvalue weighted by atomic mass is 32.1. The van der Waals surface area contributed by atoms with E-state index in [1.54, 1.807) is 7.11 Å². The summed E-state index contributed by atoms with van der Waals surface area (Å²) in [4.78, 5) is 0. The van der Waals surface area contributed by atoms with Gasteiger partial charge < -0.3 is 4.74 Å². The second-order valence-electron chi connectivity index (χ2n) is 5.35. The molecule has 0 radical (unpaired) electrons. The number of pyridine rings is 1. The Morgan fingerprint density at radius 1 is 1.00 bits per heavy atom. The first kappa shape index (κ1) is 14.0. The molecule has 3 aromatic rings. The van der Waals surface area contributed by atoms with E-state index in [0.29, 0.717) is 0 Å². The van der Waals surface area contributed by atoms with Crippen molar-refractivity contribution in [3.8, 4) is 11.4 Å². The van der Waals surface area contributed by atoms with Crippen LogP contribution in [0, 0.1) is 20.8 Å². The molecule has 108 valence electrons. The summed E-state index contributed by atoms with van der Waals surface area (Å²) in [6.07, 6.45) is 0. The summed E-state index contributed by atoms with van der Waals surface area (Å²) in [6.45, 7) is 6.38. The fourth-order valence-electron chi connectivity index (χ4n) is 2.78. The fraction of sp³-hybridized carbons (Fsp3) is 0.294. The van der Waals surface area contributed by atoms with Crippen LogP contribution in [0.1, 0.15) is 16.4 Å². The van der Waals surface area contributed by atoms with E-state index in [2.05, 4.69) is 67.3 Å². The van der Waals surface area contributed by atoms with Crippen molar-refractivity contribution in [2.45, 2.75) is 20.8 Å². The normalized spacial score (nSPS) is 11.1. The number of benzene rings is 1. The van der Waals surface area contributed by atoms with Crippen LogP contribution in [0.2, 0.25) is 0 Å². The zero-order chi connectivity index (χ0) is 15.1. The first-order chi connectivity index (χ1) is 10.0. The Morgan fingerprint density at radius 3 is 2.29 bits per heavy atom. The highest BCUT2D eigenvalue weighted by molar-refractivity contribution is 7.18. The summed E-state index contributed by atoms with van der Waals surface area (Å²) in [6, 6.07) is 10.8. The number of aryl methyl sites for hydroxylation is 4. The van der Waals surface area contributed by atoms with E-state index in [1.165, 1.54) is 32.3 Å². The summed E-state index contributed by atoms with van der Waals surface area (Å²) in [7, 11) is 3.82. The lowest BCUT2D eigenvalue weighted by Crippen LogP contribution is -2.37. The minimum Gasteiger partial charge on any atom is -0.496 e. The van der Waals surface area contributed by atoms with Gasteiger partial charge in [0.25, 0.3) is 0 Å². The third-order valence-corrected chi connectivity index (χ3v) is 5.05. The van der Waals surface area contributed by atoms with Crippen LogP contribution in [0.15, 0.2) is 30.3 Å². The van der Waals surface area contributed by atoms with Crippen molar-refractivity contribution in [3.05, 3.63) is 46.7 Å². The third-order valence-electron chi connectivity index (χ3n) is 3.94. The maximum atomic E-state index is 5.34. The Labute approximate surface area is 129 Å². The summed E-state index contributed by atoms with van der Waals surface area (Å²) >= 11 is 1.83. The summed E-state index contributed by atoms with van der Waals surface area (Å²) in [5, 5.41) is 1.32. The van der Waals surface area contributed by atoms with E-state index in [1.807, 2.05) is 11.3 Å². The number of nitrogens with zero attached hydrogens (tertiary/aromatic N) is 2. The second-order valence-corrected chi connectivity index (χ2v) is 6.58. The van der Waals surface area contributed by atoms with Crippen LogP contribution < -0.4 is 13.9 Å². The van der Waals surface area contributed by atoms with Gasteiger partial charge in [-0.3, -0.25) is 0 Å².